The van der Waals surface area contributed by atoms with Gasteiger partial charge in [-0.2, -0.15) is 13.2 Å². The van der Waals surface area contributed by atoms with E-state index in [0.717, 1.165) is 0 Å². The Labute approximate surface area is 98.0 Å². The van der Waals surface area contributed by atoms with Crippen LogP contribution in [0.15, 0.2) is 12.1 Å². The van der Waals surface area contributed by atoms with Crippen molar-refractivity contribution in [3.05, 3.63) is 23.8 Å². The van der Waals surface area contributed by atoms with E-state index in [9.17, 15) is 26.7 Å². The SMILES string of the molecule is CC1(C(F)(F)F)Nc2cc(F)cc(F)c2NC1=O. The molecular weight excluding hydrogens is 259 g/mol. The van der Waals surface area contributed by atoms with Gasteiger partial charge in [0.05, 0.1) is 5.69 Å². The van der Waals surface area contributed by atoms with E-state index in [1.807, 2.05) is 5.32 Å². The summed E-state index contributed by atoms with van der Waals surface area (Å²) in [6, 6.07) is 1.15. The molecule has 1 aromatic carbocycles. The maximum atomic E-state index is 13.3. The van der Waals surface area contributed by atoms with Crippen molar-refractivity contribution in [3.63, 3.8) is 0 Å². The largest absolute Gasteiger partial charge is 0.420 e. The molecule has 0 saturated heterocycles. The fourth-order valence-electron chi connectivity index (χ4n) is 1.56. The van der Waals surface area contributed by atoms with E-state index in [1.165, 1.54) is 0 Å². The van der Waals surface area contributed by atoms with Gasteiger partial charge in [0.2, 0.25) is 5.54 Å². The molecule has 18 heavy (non-hydrogen) atoms. The lowest BCUT2D eigenvalue weighted by Crippen LogP contribution is -2.60. The fraction of sp³-hybridized carbons (Fsp3) is 0.300. The van der Waals surface area contributed by atoms with Crippen LogP contribution in [0.5, 0.6) is 0 Å². The number of rotatable bonds is 0. The van der Waals surface area contributed by atoms with Gasteiger partial charge in [-0.25, -0.2) is 8.78 Å². The topological polar surface area (TPSA) is 41.1 Å². The highest BCUT2D eigenvalue weighted by atomic mass is 19.4. The summed E-state index contributed by atoms with van der Waals surface area (Å²) in [6.45, 7) is 0.591. The number of fused-ring (bicyclic) bond motifs is 1. The average molecular weight is 266 g/mol. The van der Waals surface area contributed by atoms with E-state index in [4.69, 9.17) is 0 Å². The molecular formula is C10H7F5N2O. The molecule has 0 radical (unpaired) electrons. The van der Waals surface area contributed by atoms with Gasteiger partial charge < -0.3 is 10.6 Å². The first-order valence-corrected chi connectivity index (χ1v) is 4.80. The number of alkyl halides is 3. The standard InChI is InChI=1S/C10H7F5N2O/c1-9(10(13,14)15)8(18)16-7-5(12)2-4(11)3-6(7)17-9/h2-3,17H,1H3,(H,16,18). The number of carbonyl (C=O) groups is 1. The van der Waals surface area contributed by atoms with E-state index in [2.05, 4.69) is 0 Å². The number of amides is 1. The Bertz CT molecular complexity index is 528. The highest BCUT2D eigenvalue weighted by molar-refractivity contribution is 6.06. The zero-order valence-electron chi connectivity index (χ0n) is 8.95. The predicted octanol–water partition coefficient (Wildman–Crippen LogP) is 2.65. The lowest BCUT2D eigenvalue weighted by molar-refractivity contribution is -0.179. The van der Waals surface area contributed by atoms with E-state index in [-0.39, 0.29) is 0 Å². The number of carbonyl (C=O) groups excluding carboxylic acids is 1. The van der Waals surface area contributed by atoms with Crippen LogP contribution < -0.4 is 10.6 Å². The number of hydrogen-bond donors (Lipinski definition) is 2. The van der Waals surface area contributed by atoms with Crippen LogP contribution in [-0.4, -0.2) is 17.6 Å². The first-order valence-electron chi connectivity index (χ1n) is 4.80. The quantitative estimate of drug-likeness (QED) is 0.709. The summed E-state index contributed by atoms with van der Waals surface area (Å²) in [7, 11) is 0. The zero-order valence-corrected chi connectivity index (χ0v) is 8.95. The molecule has 2 N–H and O–H groups in total. The second-order valence-corrected chi connectivity index (χ2v) is 4.01. The molecule has 1 amide bonds. The lowest BCUT2D eigenvalue weighted by Gasteiger charge is -2.37. The van der Waals surface area contributed by atoms with Crippen molar-refractivity contribution in [3.8, 4) is 0 Å². The molecule has 1 atom stereocenters. The summed E-state index contributed by atoms with van der Waals surface area (Å²) in [5.41, 5.74) is -3.88. The van der Waals surface area contributed by atoms with Crippen LogP contribution in [0.2, 0.25) is 0 Å². The van der Waals surface area contributed by atoms with Gasteiger partial charge in [0.1, 0.15) is 11.5 Å². The molecule has 2 rings (SSSR count). The Balaban J connectivity index is 2.55. The summed E-state index contributed by atoms with van der Waals surface area (Å²) in [5.74, 6) is -3.64. The van der Waals surface area contributed by atoms with Crippen molar-refractivity contribution in [1.29, 1.82) is 0 Å². The van der Waals surface area contributed by atoms with Crippen molar-refractivity contribution in [2.45, 2.75) is 18.6 Å². The van der Waals surface area contributed by atoms with Gasteiger partial charge in [-0.15, -0.1) is 0 Å². The smallest absolute Gasteiger partial charge is 0.362 e. The lowest BCUT2D eigenvalue weighted by atomic mass is 9.96. The average Bonchev–Trinajstić information content (AvgIpc) is 2.19. The second-order valence-electron chi connectivity index (χ2n) is 4.01. The zero-order chi connectivity index (χ0) is 13.7. The summed E-state index contributed by atoms with van der Waals surface area (Å²) in [4.78, 5) is 11.4. The molecule has 0 fully saturated rings. The monoisotopic (exact) mass is 266 g/mol. The van der Waals surface area contributed by atoms with Gasteiger partial charge in [-0.1, -0.05) is 0 Å². The van der Waals surface area contributed by atoms with Crippen LogP contribution in [0.3, 0.4) is 0 Å². The molecule has 3 nitrogen and oxygen atoms in total. The maximum absolute atomic E-state index is 13.3. The van der Waals surface area contributed by atoms with Gasteiger partial charge in [0.25, 0.3) is 5.91 Å². The predicted molar refractivity (Wildman–Crippen MR) is 53.1 cm³/mol. The van der Waals surface area contributed by atoms with Crippen molar-refractivity contribution < 1.29 is 26.7 Å². The number of nitrogens with one attached hydrogen (secondary N) is 2. The summed E-state index contributed by atoms with van der Waals surface area (Å²) in [5, 5.41) is 3.62. The molecule has 1 aliphatic heterocycles. The molecule has 1 heterocycles. The van der Waals surface area contributed by atoms with E-state index in [0.29, 0.717) is 19.1 Å². The van der Waals surface area contributed by atoms with Crippen molar-refractivity contribution in [2.75, 3.05) is 10.6 Å². The van der Waals surface area contributed by atoms with Crippen LogP contribution in [-0.2, 0) is 4.79 Å². The Morgan fingerprint density at radius 3 is 2.39 bits per heavy atom. The summed E-state index contributed by atoms with van der Waals surface area (Å²) < 4.78 is 64.5. The van der Waals surface area contributed by atoms with Gasteiger partial charge in [-0.05, 0) is 13.0 Å². The molecule has 1 aliphatic rings. The van der Waals surface area contributed by atoms with Gasteiger partial charge in [0.15, 0.2) is 5.82 Å². The third kappa shape index (κ3) is 1.68. The van der Waals surface area contributed by atoms with Crippen molar-refractivity contribution >= 4 is 17.3 Å². The molecule has 8 heteroatoms. The van der Waals surface area contributed by atoms with Gasteiger partial charge in [0, 0.05) is 6.07 Å². The minimum atomic E-state index is -4.91. The summed E-state index contributed by atoms with van der Waals surface area (Å²) >= 11 is 0. The number of anilines is 2. The molecule has 1 aromatic rings. The minimum Gasteiger partial charge on any atom is -0.362 e. The fourth-order valence-corrected chi connectivity index (χ4v) is 1.56. The Kier molecular flexibility index (Phi) is 2.49. The molecule has 0 spiro atoms. The maximum Gasteiger partial charge on any atom is 0.420 e. The minimum absolute atomic E-state index is 0.452. The van der Waals surface area contributed by atoms with Gasteiger partial charge >= 0.3 is 6.18 Å². The third-order valence-corrected chi connectivity index (χ3v) is 2.70. The van der Waals surface area contributed by atoms with Crippen LogP contribution >= 0.6 is 0 Å². The molecule has 0 aliphatic carbocycles. The molecule has 0 saturated carbocycles. The number of hydrogen-bond acceptors (Lipinski definition) is 2. The van der Waals surface area contributed by atoms with E-state index in [1.54, 1.807) is 5.32 Å². The Hall–Kier alpha value is -1.86. The van der Waals surface area contributed by atoms with Crippen LogP contribution in [0, 0.1) is 11.6 Å². The van der Waals surface area contributed by atoms with Gasteiger partial charge in [-0.3, -0.25) is 4.79 Å². The van der Waals surface area contributed by atoms with E-state index < -0.39 is 40.6 Å². The number of halogens is 5. The first-order chi connectivity index (χ1) is 8.15. The van der Waals surface area contributed by atoms with Crippen LogP contribution in [0.4, 0.5) is 33.3 Å². The molecule has 0 bridgehead atoms. The highest BCUT2D eigenvalue weighted by Crippen LogP contribution is 2.41. The Morgan fingerprint density at radius 2 is 1.83 bits per heavy atom. The molecule has 98 valence electrons. The normalized spacial score (nSPS) is 23.1. The van der Waals surface area contributed by atoms with Crippen LogP contribution in [0.25, 0.3) is 0 Å². The van der Waals surface area contributed by atoms with Crippen molar-refractivity contribution in [2.24, 2.45) is 0 Å². The summed E-state index contributed by atoms with van der Waals surface area (Å²) in [6.07, 6.45) is -4.91. The molecule has 1 unspecified atom stereocenters. The molecule has 0 aromatic heterocycles. The second kappa shape index (κ2) is 3.56. The Morgan fingerprint density at radius 1 is 1.22 bits per heavy atom. The third-order valence-electron chi connectivity index (χ3n) is 2.70. The number of benzene rings is 1. The van der Waals surface area contributed by atoms with Crippen molar-refractivity contribution in [1.82, 2.24) is 0 Å². The van der Waals surface area contributed by atoms with Crippen LogP contribution in [0.1, 0.15) is 6.92 Å². The highest BCUT2D eigenvalue weighted by Gasteiger charge is 2.59. The first kappa shape index (κ1) is 12.6. The van der Waals surface area contributed by atoms with E-state index >= 15 is 0 Å².